The molecule has 1 aliphatic heterocycles. The SMILES string of the molecule is CCCCN(CCCC)C(=O)c1cc(C)n(-c2ccc(NC(=O)NCc3ccc(Cl)cc3)cc2C(=O)N2Cc3ccccc3C[C@H]2CO)n1. The van der Waals surface area contributed by atoms with Gasteiger partial charge in [0.05, 0.1) is 23.9 Å². The number of nitrogens with one attached hydrogen (secondary N) is 2. The van der Waals surface area contributed by atoms with Crippen molar-refractivity contribution in [3.8, 4) is 5.69 Å². The maximum absolute atomic E-state index is 14.5. The van der Waals surface area contributed by atoms with E-state index in [9.17, 15) is 19.5 Å². The van der Waals surface area contributed by atoms with Gasteiger partial charge in [-0.2, -0.15) is 5.10 Å². The molecule has 1 atom stereocenters. The van der Waals surface area contributed by atoms with Gasteiger partial charge < -0.3 is 25.5 Å². The van der Waals surface area contributed by atoms with Gasteiger partial charge in [0, 0.05) is 42.6 Å². The van der Waals surface area contributed by atoms with E-state index in [0.717, 1.165) is 42.4 Å². The Bertz CT molecular complexity index is 1760. The van der Waals surface area contributed by atoms with Crippen LogP contribution in [0.1, 0.15) is 82.8 Å². The summed E-state index contributed by atoms with van der Waals surface area (Å²) in [4.78, 5) is 44.6. The second-order valence-electron chi connectivity index (χ2n) is 12.5. The number of carbonyl (C=O) groups excluding carboxylic acids is 3. The lowest BCUT2D eigenvalue weighted by molar-refractivity contribution is 0.0544. The number of amides is 4. The summed E-state index contributed by atoms with van der Waals surface area (Å²) < 4.78 is 1.62. The fourth-order valence-electron chi connectivity index (χ4n) is 6.07. The number of fused-ring (bicyclic) bond motifs is 1. The molecule has 49 heavy (non-hydrogen) atoms. The van der Waals surface area contributed by atoms with Gasteiger partial charge in [0.2, 0.25) is 0 Å². The number of nitrogens with zero attached hydrogens (tertiary/aromatic N) is 4. The third-order valence-electron chi connectivity index (χ3n) is 8.86. The monoisotopic (exact) mass is 684 g/mol. The van der Waals surface area contributed by atoms with Crippen LogP contribution in [0.25, 0.3) is 5.69 Å². The van der Waals surface area contributed by atoms with Gasteiger partial charge in [-0.1, -0.05) is 74.7 Å². The second kappa shape index (κ2) is 16.6. The molecule has 5 rings (SSSR count). The number of halogens is 1. The molecule has 3 N–H and O–H groups in total. The molecule has 0 unspecified atom stereocenters. The molecule has 0 saturated carbocycles. The molecular weight excluding hydrogens is 640 g/mol. The molecular formula is C38H45ClN6O4. The van der Waals surface area contributed by atoms with Crippen LogP contribution in [0.5, 0.6) is 0 Å². The lowest BCUT2D eigenvalue weighted by atomic mass is 9.93. The Labute approximate surface area is 293 Å². The van der Waals surface area contributed by atoms with Crippen molar-refractivity contribution in [2.75, 3.05) is 25.0 Å². The number of aliphatic hydroxyl groups is 1. The smallest absolute Gasteiger partial charge is 0.319 e. The van der Waals surface area contributed by atoms with E-state index in [1.54, 1.807) is 46.0 Å². The van der Waals surface area contributed by atoms with Crippen LogP contribution < -0.4 is 10.6 Å². The summed E-state index contributed by atoms with van der Waals surface area (Å²) in [6, 6.07) is 21.1. The minimum atomic E-state index is -0.441. The molecule has 2 heterocycles. The number of aliphatic hydroxyl groups excluding tert-OH is 1. The van der Waals surface area contributed by atoms with Crippen molar-refractivity contribution in [1.82, 2.24) is 24.9 Å². The summed E-state index contributed by atoms with van der Waals surface area (Å²) in [6.07, 6.45) is 4.28. The van der Waals surface area contributed by atoms with Crippen LogP contribution in [0.3, 0.4) is 0 Å². The quantitative estimate of drug-likeness (QED) is 0.144. The predicted molar refractivity (Wildman–Crippen MR) is 192 cm³/mol. The van der Waals surface area contributed by atoms with Crippen molar-refractivity contribution in [2.45, 2.75) is 72.0 Å². The molecule has 0 fully saturated rings. The summed E-state index contributed by atoms with van der Waals surface area (Å²) in [7, 11) is 0. The Hall–Kier alpha value is -4.67. The van der Waals surface area contributed by atoms with Crippen LogP contribution in [0.2, 0.25) is 5.02 Å². The first-order chi connectivity index (χ1) is 23.7. The van der Waals surface area contributed by atoms with E-state index in [4.69, 9.17) is 16.7 Å². The van der Waals surface area contributed by atoms with Gasteiger partial charge in [0.1, 0.15) is 0 Å². The third kappa shape index (κ3) is 8.68. The maximum atomic E-state index is 14.5. The average Bonchev–Trinajstić information content (AvgIpc) is 3.51. The molecule has 0 radical (unpaired) electrons. The number of urea groups is 1. The number of anilines is 1. The average molecular weight is 685 g/mol. The molecule has 4 amide bonds. The summed E-state index contributed by atoms with van der Waals surface area (Å²) in [5.41, 5.74) is 5.16. The zero-order valence-electron chi connectivity index (χ0n) is 28.4. The maximum Gasteiger partial charge on any atom is 0.319 e. The highest BCUT2D eigenvalue weighted by Crippen LogP contribution is 2.29. The Morgan fingerprint density at radius 1 is 0.959 bits per heavy atom. The molecule has 0 spiro atoms. The van der Waals surface area contributed by atoms with Gasteiger partial charge in [0.15, 0.2) is 5.69 Å². The Balaban J connectivity index is 1.48. The highest BCUT2D eigenvalue weighted by Gasteiger charge is 2.32. The molecule has 0 saturated heterocycles. The number of aryl methyl sites for hydroxylation is 1. The summed E-state index contributed by atoms with van der Waals surface area (Å²) in [6.45, 7) is 7.78. The first-order valence-electron chi connectivity index (χ1n) is 17.0. The molecule has 0 aliphatic carbocycles. The first-order valence-corrected chi connectivity index (χ1v) is 17.4. The minimum Gasteiger partial charge on any atom is -0.394 e. The number of aromatic nitrogens is 2. The zero-order valence-corrected chi connectivity index (χ0v) is 29.2. The zero-order chi connectivity index (χ0) is 34.9. The highest BCUT2D eigenvalue weighted by molar-refractivity contribution is 6.30. The van der Waals surface area contributed by atoms with Crippen LogP contribution in [-0.4, -0.2) is 68.3 Å². The molecule has 4 aromatic rings. The number of carbonyl (C=O) groups is 3. The fourth-order valence-corrected chi connectivity index (χ4v) is 6.20. The third-order valence-corrected chi connectivity index (χ3v) is 9.12. The van der Waals surface area contributed by atoms with Crippen LogP contribution >= 0.6 is 11.6 Å². The van der Waals surface area contributed by atoms with Crippen LogP contribution in [0, 0.1) is 6.92 Å². The first kappa shape index (κ1) is 35.6. The van der Waals surface area contributed by atoms with Crippen LogP contribution in [0.4, 0.5) is 10.5 Å². The summed E-state index contributed by atoms with van der Waals surface area (Å²) in [5.74, 6) is -0.454. The normalized spacial score (nSPS) is 13.9. The van der Waals surface area contributed by atoms with Crippen molar-refractivity contribution in [3.05, 3.63) is 111 Å². The van der Waals surface area contributed by atoms with Gasteiger partial charge in [-0.3, -0.25) is 9.59 Å². The number of benzene rings is 3. The van der Waals surface area contributed by atoms with Gasteiger partial charge in [-0.05, 0) is 79.3 Å². The molecule has 10 nitrogen and oxygen atoms in total. The Kier molecular flexibility index (Phi) is 12.1. The van der Waals surface area contributed by atoms with E-state index in [2.05, 4.69) is 24.5 Å². The second-order valence-corrected chi connectivity index (χ2v) is 12.9. The van der Waals surface area contributed by atoms with E-state index in [-0.39, 0.29) is 30.5 Å². The number of rotatable bonds is 13. The number of hydrogen-bond donors (Lipinski definition) is 3. The Morgan fingerprint density at radius 2 is 1.65 bits per heavy atom. The summed E-state index contributed by atoms with van der Waals surface area (Å²) in [5, 5.41) is 21.4. The Morgan fingerprint density at radius 3 is 2.33 bits per heavy atom. The number of unbranched alkanes of at least 4 members (excludes halogenated alkanes) is 2. The fraction of sp³-hybridized carbons (Fsp3) is 0.368. The van der Waals surface area contributed by atoms with E-state index in [1.807, 2.05) is 48.2 Å². The molecule has 3 aromatic carbocycles. The van der Waals surface area contributed by atoms with E-state index < -0.39 is 12.1 Å². The van der Waals surface area contributed by atoms with Crippen molar-refractivity contribution in [3.63, 3.8) is 0 Å². The van der Waals surface area contributed by atoms with Crippen LogP contribution in [-0.2, 0) is 19.5 Å². The molecule has 1 aliphatic rings. The molecule has 258 valence electrons. The topological polar surface area (TPSA) is 120 Å². The van der Waals surface area contributed by atoms with Crippen molar-refractivity contribution in [1.29, 1.82) is 0 Å². The van der Waals surface area contributed by atoms with Gasteiger partial charge >= 0.3 is 6.03 Å². The van der Waals surface area contributed by atoms with E-state index in [1.165, 1.54) is 0 Å². The van der Waals surface area contributed by atoms with Crippen molar-refractivity contribution >= 4 is 35.1 Å². The van der Waals surface area contributed by atoms with Crippen molar-refractivity contribution in [2.24, 2.45) is 0 Å². The molecule has 0 bridgehead atoms. The van der Waals surface area contributed by atoms with Gasteiger partial charge in [0.25, 0.3) is 11.8 Å². The predicted octanol–water partition coefficient (Wildman–Crippen LogP) is 6.76. The lowest BCUT2D eigenvalue weighted by Gasteiger charge is -2.36. The van der Waals surface area contributed by atoms with Gasteiger partial charge in [-0.25, -0.2) is 9.48 Å². The molecule has 11 heteroatoms. The van der Waals surface area contributed by atoms with Crippen LogP contribution in [0.15, 0.2) is 72.8 Å². The van der Waals surface area contributed by atoms with Crippen molar-refractivity contribution < 1.29 is 19.5 Å². The number of hydrogen-bond acceptors (Lipinski definition) is 5. The van der Waals surface area contributed by atoms with E-state index in [0.29, 0.717) is 53.8 Å². The molecule has 1 aromatic heterocycles. The van der Waals surface area contributed by atoms with Gasteiger partial charge in [-0.15, -0.1) is 0 Å². The highest BCUT2D eigenvalue weighted by atomic mass is 35.5. The minimum absolute atomic E-state index is 0.139. The largest absolute Gasteiger partial charge is 0.394 e. The standard InChI is InChI=1S/C38H45ClN6O4/c1-4-6-18-43(19-7-5-2)37(48)34-20-26(3)45(42-34)35-17-16-31(41-38(49)40-23-27-12-14-30(39)15-13-27)22-33(35)36(47)44-24-29-11-9-8-10-28(29)21-32(44)25-46/h8-17,20,22,32,46H,4-7,18-19,21,23-25H2,1-3H3,(H2,40,41,49)/t32-/m0/s1. The van der Waals surface area contributed by atoms with E-state index >= 15 is 0 Å². The summed E-state index contributed by atoms with van der Waals surface area (Å²) >= 11 is 5.99. The lowest BCUT2D eigenvalue weighted by Crippen LogP contribution is -2.46.